The number of amides is 2. The number of ether oxygens (including phenoxy) is 1. The summed E-state index contributed by atoms with van der Waals surface area (Å²) in [4.78, 5) is 41.0. The highest BCUT2D eigenvalue weighted by molar-refractivity contribution is 9.10. The summed E-state index contributed by atoms with van der Waals surface area (Å²) in [6.45, 7) is 0.508. The first kappa shape index (κ1) is 23.2. The number of anilines is 1. The zero-order valence-electron chi connectivity index (χ0n) is 17.5. The summed E-state index contributed by atoms with van der Waals surface area (Å²) in [5.74, 6) is -0.975. The molecule has 3 rings (SSSR count). The minimum atomic E-state index is -0.569. The molecule has 0 bridgehead atoms. The number of methoxy groups -OCH3 is 1. The van der Waals surface area contributed by atoms with Gasteiger partial charge in [0, 0.05) is 41.1 Å². The Kier molecular flexibility index (Phi) is 8.15. The summed E-state index contributed by atoms with van der Waals surface area (Å²) >= 11 is 3.41. The summed E-state index contributed by atoms with van der Waals surface area (Å²) in [5, 5.41) is 5.68. The zero-order valence-corrected chi connectivity index (χ0v) is 19.0. The average Bonchev–Trinajstić information content (AvgIpc) is 3.31. The monoisotopic (exact) mass is 498 g/mol. The van der Waals surface area contributed by atoms with Crippen molar-refractivity contribution in [3.05, 3.63) is 82.9 Å². The SMILES string of the molecule is COC(=O)CC(NC(=O)c1cccc(NC(=O)CCn2ccnc2)c1)c1cccc(Br)c1. The first-order chi connectivity index (χ1) is 15.4. The third kappa shape index (κ3) is 6.78. The van der Waals surface area contributed by atoms with Crippen LogP contribution in [-0.4, -0.2) is 34.4 Å². The van der Waals surface area contributed by atoms with Crippen LogP contribution >= 0.6 is 15.9 Å². The second-order valence-corrected chi connectivity index (χ2v) is 7.96. The lowest BCUT2D eigenvalue weighted by molar-refractivity contribution is -0.141. The van der Waals surface area contributed by atoms with Gasteiger partial charge in [-0.15, -0.1) is 0 Å². The van der Waals surface area contributed by atoms with Gasteiger partial charge in [-0.05, 0) is 35.9 Å². The maximum Gasteiger partial charge on any atom is 0.307 e. The molecule has 1 unspecified atom stereocenters. The molecule has 1 atom stereocenters. The van der Waals surface area contributed by atoms with Gasteiger partial charge in [0.1, 0.15) is 0 Å². The number of carbonyl (C=O) groups excluding carboxylic acids is 3. The van der Waals surface area contributed by atoms with E-state index in [2.05, 4.69) is 31.5 Å². The predicted octanol–water partition coefficient (Wildman–Crippen LogP) is 3.71. The van der Waals surface area contributed by atoms with Crippen LogP contribution in [-0.2, 0) is 20.9 Å². The van der Waals surface area contributed by atoms with Crippen molar-refractivity contribution in [2.45, 2.75) is 25.4 Å². The third-order valence-corrected chi connectivity index (χ3v) is 5.21. The smallest absolute Gasteiger partial charge is 0.307 e. The standard InChI is InChI=1S/C23H23BrN4O4/c1-32-22(30)14-20(16-4-2-6-18(24)12-16)27-23(31)17-5-3-7-19(13-17)26-21(29)8-10-28-11-9-25-15-28/h2-7,9,11-13,15,20H,8,10,14H2,1H3,(H,26,29)(H,27,31). The molecule has 0 aliphatic rings. The van der Waals surface area contributed by atoms with Gasteiger partial charge < -0.3 is 19.9 Å². The first-order valence-electron chi connectivity index (χ1n) is 9.93. The van der Waals surface area contributed by atoms with Gasteiger partial charge >= 0.3 is 5.97 Å². The number of aromatic nitrogens is 2. The van der Waals surface area contributed by atoms with E-state index in [0.717, 1.165) is 10.0 Å². The molecule has 8 nitrogen and oxygen atoms in total. The number of carbonyl (C=O) groups is 3. The van der Waals surface area contributed by atoms with Gasteiger partial charge in [-0.25, -0.2) is 4.98 Å². The van der Waals surface area contributed by atoms with E-state index < -0.39 is 12.0 Å². The van der Waals surface area contributed by atoms with Crippen LogP contribution in [0.3, 0.4) is 0 Å². The molecule has 3 aromatic rings. The van der Waals surface area contributed by atoms with Crippen LogP contribution in [0, 0.1) is 0 Å². The number of esters is 1. The number of nitrogens with one attached hydrogen (secondary N) is 2. The maximum absolute atomic E-state index is 12.9. The van der Waals surface area contributed by atoms with E-state index >= 15 is 0 Å². The van der Waals surface area contributed by atoms with E-state index in [1.54, 1.807) is 43.0 Å². The summed E-state index contributed by atoms with van der Waals surface area (Å²) in [6.07, 6.45) is 5.35. The lowest BCUT2D eigenvalue weighted by Crippen LogP contribution is -2.30. The molecule has 0 aliphatic carbocycles. The molecule has 0 saturated heterocycles. The molecule has 0 radical (unpaired) electrons. The molecule has 0 saturated carbocycles. The highest BCUT2D eigenvalue weighted by Gasteiger charge is 2.20. The maximum atomic E-state index is 12.9. The molecule has 0 fully saturated rings. The Morgan fingerprint density at radius 3 is 2.69 bits per heavy atom. The second kappa shape index (κ2) is 11.2. The van der Waals surface area contributed by atoms with Crippen LogP contribution in [0.2, 0.25) is 0 Å². The summed E-state index contributed by atoms with van der Waals surface area (Å²) in [5.41, 5.74) is 1.64. The molecular formula is C23H23BrN4O4. The molecule has 2 N–H and O–H groups in total. The molecule has 0 aliphatic heterocycles. The van der Waals surface area contributed by atoms with Crippen molar-refractivity contribution in [1.29, 1.82) is 0 Å². The predicted molar refractivity (Wildman–Crippen MR) is 123 cm³/mol. The third-order valence-electron chi connectivity index (χ3n) is 4.72. The number of benzene rings is 2. The Hall–Kier alpha value is -3.46. The topological polar surface area (TPSA) is 102 Å². The van der Waals surface area contributed by atoms with Crippen LogP contribution in [0.4, 0.5) is 5.69 Å². The molecular weight excluding hydrogens is 476 g/mol. The number of hydrogen-bond donors (Lipinski definition) is 2. The molecule has 0 spiro atoms. The number of imidazole rings is 1. The van der Waals surface area contributed by atoms with Gasteiger partial charge in [0.15, 0.2) is 0 Å². The minimum absolute atomic E-state index is 0.0105. The Morgan fingerprint density at radius 2 is 1.97 bits per heavy atom. The van der Waals surface area contributed by atoms with E-state index in [-0.39, 0.29) is 24.7 Å². The van der Waals surface area contributed by atoms with E-state index in [1.807, 2.05) is 28.8 Å². The van der Waals surface area contributed by atoms with Crippen LogP contribution in [0.1, 0.15) is 34.8 Å². The Bertz CT molecular complexity index is 1090. The van der Waals surface area contributed by atoms with Crippen molar-refractivity contribution in [3.63, 3.8) is 0 Å². The number of rotatable bonds is 9. The molecule has 1 aromatic heterocycles. The fourth-order valence-corrected chi connectivity index (χ4v) is 3.50. The van der Waals surface area contributed by atoms with E-state index in [1.165, 1.54) is 7.11 Å². The van der Waals surface area contributed by atoms with Crippen molar-refractivity contribution < 1.29 is 19.1 Å². The van der Waals surface area contributed by atoms with Crippen molar-refractivity contribution in [2.24, 2.45) is 0 Å². The molecule has 32 heavy (non-hydrogen) atoms. The quantitative estimate of drug-likeness (QED) is 0.437. The number of nitrogens with zero attached hydrogens (tertiary/aromatic N) is 2. The zero-order chi connectivity index (χ0) is 22.9. The van der Waals surface area contributed by atoms with Gasteiger partial charge in [0.2, 0.25) is 5.91 Å². The minimum Gasteiger partial charge on any atom is -0.469 e. The van der Waals surface area contributed by atoms with Crippen molar-refractivity contribution in [3.8, 4) is 0 Å². The van der Waals surface area contributed by atoms with Crippen LogP contribution in [0.15, 0.2) is 71.7 Å². The summed E-state index contributed by atoms with van der Waals surface area (Å²) in [6, 6.07) is 13.4. The van der Waals surface area contributed by atoms with Crippen molar-refractivity contribution >= 4 is 39.4 Å². The van der Waals surface area contributed by atoms with Gasteiger partial charge in [-0.2, -0.15) is 0 Å². The highest BCUT2D eigenvalue weighted by atomic mass is 79.9. The fourth-order valence-electron chi connectivity index (χ4n) is 3.08. The van der Waals surface area contributed by atoms with E-state index in [9.17, 15) is 14.4 Å². The van der Waals surface area contributed by atoms with Gasteiger partial charge in [-0.1, -0.05) is 34.1 Å². The van der Waals surface area contributed by atoms with Crippen molar-refractivity contribution in [2.75, 3.05) is 12.4 Å². The molecule has 2 amide bonds. The van der Waals surface area contributed by atoms with Crippen molar-refractivity contribution in [1.82, 2.24) is 14.9 Å². The van der Waals surface area contributed by atoms with Crippen LogP contribution < -0.4 is 10.6 Å². The van der Waals surface area contributed by atoms with Gasteiger partial charge in [0.25, 0.3) is 5.91 Å². The molecule has 166 valence electrons. The van der Waals surface area contributed by atoms with Gasteiger partial charge in [-0.3, -0.25) is 14.4 Å². The largest absolute Gasteiger partial charge is 0.469 e. The van der Waals surface area contributed by atoms with E-state index in [4.69, 9.17) is 4.74 Å². The van der Waals surface area contributed by atoms with Gasteiger partial charge in [0.05, 0.1) is 25.9 Å². The lowest BCUT2D eigenvalue weighted by Gasteiger charge is -2.19. The Morgan fingerprint density at radius 1 is 1.16 bits per heavy atom. The molecule has 9 heteroatoms. The molecule has 1 heterocycles. The Balaban J connectivity index is 1.67. The van der Waals surface area contributed by atoms with E-state index in [0.29, 0.717) is 17.8 Å². The normalized spacial score (nSPS) is 11.4. The number of hydrogen-bond acceptors (Lipinski definition) is 5. The summed E-state index contributed by atoms with van der Waals surface area (Å²) in [7, 11) is 1.31. The van der Waals surface area contributed by atoms with Crippen LogP contribution in [0.25, 0.3) is 0 Å². The second-order valence-electron chi connectivity index (χ2n) is 7.04. The average molecular weight is 499 g/mol. The fraction of sp³-hybridized carbons (Fsp3) is 0.217. The molecule has 2 aromatic carbocycles. The number of halogens is 1. The number of aryl methyl sites for hydroxylation is 1. The lowest BCUT2D eigenvalue weighted by atomic mass is 10.0. The van der Waals surface area contributed by atoms with Crippen LogP contribution in [0.5, 0.6) is 0 Å². The summed E-state index contributed by atoms with van der Waals surface area (Å²) < 4.78 is 7.42. The highest BCUT2D eigenvalue weighted by Crippen LogP contribution is 2.22. The first-order valence-corrected chi connectivity index (χ1v) is 10.7. The Labute approximate surface area is 194 Å².